The van der Waals surface area contributed by atoms with Gasteiger partial charge in [0.25, 0.3) is 0 Å². The highest BCUT2D eigenvalue weighted by Gasteiger charge is 2.15. The first-order valence-corrected chi connectivity index (χ1v) is 18.0. The van der Waals surface area contributed by atoms with E-state index in [1.165, 1.54) is 45.4 Å². The van der Waals surface area contributed by atoms with E-state index in [1.54, 1.807) is 85.1 Å². The number of rotatable bonds is 15. The number of esters is 1. The number of aromatic nitrogens is 3. The number of ether oxygens (including phenoxy) is 4. The molecule has 0 saturated heterocycles. The van der Waals surface area contributed by atoms with Crippen LogP contribution in [0.4, 0.5) is 0 Å². The minimum Gasteiger partial charge on any atom is -0.507 e. The molecule has 0 aliphatic heterocycles. The van der Waals surface area contributed by atoms with E-state index in [0.717, 1.165) is 5.56 Å². The third-order valence-corrected chi connectivity index (χ3v) is 8.27. The van der Waals surface area contributed by atoms with Crippen molar-refractivity contribution in [2.75, 3.05) is 7.11 Å². The maximum atomic E-state index is 11.6. The van der Waals surface area contributed by atoms with Gasteiger partial charge >= 0.3 is 5.97 Å². The Morgan fingerprint density at radius 3 is 1.55 bits per heavy atom. The van der Waals surface area contributed by atoms with Gasteiger partial charge in [0.2, 0.25) is 0 Å². The molecule has 3 aromatic heterocycles. The summed E-state index contributed by atoms with van der Waals surface area (Å²) in [5.41, 5.74) is 2.99. The van der Waals surface area contributed by atoms with Crippen LogP contribution in [-0.2, 0) is 24.6 Å². The van der Waals surface area contributed by atoms with E-state index in [-0.39, 0.29) is 89.8 Å². The zero-order valence-electron chi connectivity index (χ0n) is 33.0. The molecule has 0 saturated carbocycles. The number of Topliss-reactive ketones (excluding diaryl/α,β-unsaturated/α-hetero) is 2. The Bertz CT molecular complexity index is 2510. The van der Waals surface area contributed by atoms with E-state index in [9.17, 15) is 44.1 Å². The predicted molar refractivity (Wildman–Crippen MR) is 224 cm³/mol. The highest BCUT2D eigenvalue weighted by Crippen LogP contribution is 2.28. The molecular formula is C46H43N3O13. The van der Waals surface area contributed by atoms with Crippen LogP contribution < -0.4 is 14.2 Å². The normalized spacial score (nSPS) is 9.85. The fourth-order valence-electron chi connectivity index (χ4n) is 5.11. The molecule has 0 aliphatic rings. The molecule has 0 bridgehead atoms. The molecule has 3 N–H and O–H groups in total. The van der Waals surface area contributed by atoms with Gasteiger partial charge in [-0.05, 0) is 66.7 Å². The second-order valence-electron chi connectivity index (χ2n) is 12.5. The van der Waals surface area contributed by atoms with E-state index < -0.39 is 5.97 Å². The molecule has 320 valence electrons. The third kappa shape index (κ3) is 13.4. The number of hydrogen-bond donors (Lipinski definition) is 3. The number of pyridine rings is 3. The van der Waals surface area contributed by atoms with Gasteiger partial charge in [-0.2, -0.15) is 0 Å². The number of benzene rings is 3. The molecule has 0 aliphatic carbocycles. The van der Waals surface area contributed by atoms with E-state index in [1.807, 2.05) is 0 Å². The van der Waals surface area contributed by atoms with Crippen LogP contribution in [0.25, 0.3) is 0 Å². The minimum absolute atomic E-state index is 0. The van der Waals surface area contributed by atoms with Crippen molar-refractivity contribution in [3.05, 3.63) is 160 Å². The van der Waals surface area contributed by atoms with Crippen molar-refractivity contribution >= 4 is 36.4 Å². The Balaban J connectivity index is 0.000000246. The van der Waals surface area contributed by atoms with Gasteiger partial charge in [-0.1, -0.05) is 37.8 Å². The Morgan fingerprint density at radius 1 is 0.581 bits per heavy atom. The van der Waals surface area contributed by atoms with Crippen LogP contribution in [0, 0.1) is 0 Å². The number of phenols is 3. The van der Waals surface area contributed by atoms with E-state index >= 15 is 0 Å². The number of aromatic hydroxyl groups is 3. The van der Waals surface area contributed by atoms with Crippen molar-refractivity contribution in [2.24, 2.45) is 0 Å². The summed E-state index contributed by atoms with van der Waals surface area (Å²) in [5, 5.41) is 28.6. The maximum Gasteiger partial charge on any atom is 0.339 e. The molecule has 0 radical (unpaired) electrons. The molecule has 6 rings (SSSR count). The molecule has 0 fully saturated rings. The second kappa shape index (κ2) is 24.0. The van der Waals surface area contributed by atoms with Crippen molar-refractivity contribution < 1.29 is 63.0 Å². The largest absolute Gasteiger partial charge is 0.507 e. The molecule has 0 unspecified atom stereocenters. The number of carbonyl (C=O) groups excluding carboxylic acids is 6. The number of ketones is 2. The van der Waals surface area contributed by atoms with Crippen molar-refractivity contribution in [3.63, 3.8) is 0 Å². The molecule has 0 amide bonds. The Morgan fingerprint density at radius 2 is 1.08 bits per heavy atom. The monoisotopic (exact) mass is 845 g/mol. The summed E-state index contributed by atoms with van der Waals surface area (Å²) in [7, 11) is 1.28. The lowest BCUT2D eigenvalue weighted by Crippen LogP contribution is -2.10. The molecule has 0 atom stereocenters. The van der Waals surface area contributed by atoms with Crippen LogP contribution in [0.5, 0.6) is 34.5 Å². The summed E-state index contributed by atoms with van der Waals surface area (Å²) in [6, 6.07) is 25.2. The fraction of sp³-hybridized carbons (Fsp3) is 0.152. The molecule has 16 nitrogen and oxygen atoms in total. The molecule has 3 aromatic carbocycles. The predicted octanol–water partition coefficient (Wildman–Crippen LogP) is 7.36. The SMILES string of the molecule is C.CC(=O)c1ccc(COc2cccc(O)c2C=O)cn1.CC(=O)c1cccc(COc2cccc(O)c2C=O)n1.COC(=O)c1cccnc1COc1cccc(O)c1C=O. The molecule has 62 heavy (non-hydrogen) atoms. The van der Waals surface area contributed by atoms with Gasteiger partial charge in [-0.15, -0.1) is 0 Å². The van der Waals surface area contributed by atoms with Crippen LogP contribution in [0.3, 0.4) is 0 Å². The van der Waals surface area contributed by atoms with Gasteiger partial charge in [-0.25, -0.2) is 9.78 Å². The number of aldehydes is 3. The van der Waals surface area contributed by atoms with Gasteiger partial charge in [-0.3, -0.25) is 33.9 Å². The number of hydrogen-bond acceptors (Lipinski definition) is 16. The highest BCUT2D eigenvalue weighted by atomic mass is 16.5. The van der Waals surface area contributed by atoms with E-state index in [0.29, 0.717) is 47.4 Å². The van der Waals surface area contributed by atoms with E-state index in [2.05, 4.69) is 19.7 Å². The number of methoxy groups -OCH3 is 1. The first-order valence-electron chi connectivity index (χ1n) is 18.0. The first-order chi connectivity index (χ1) is 29.4. The van der Waals surface area contributed by atoms with Gasteiger partial charge in [0.1, 0.15) is 65.7 Å². The molecule has 16 heteroatoms. The number of nitrogens with zero attached hydrogens (tertiary/aromatic N) is 3. The lowest BCUT2D eigenvalue weighted by atomic mass is 10.2. The molecule has 3 heterocycles. The third-order valence-electron chi connectivity index (χ3n) is 8.27. The maximum absolute atomic E-state index is 11.6. The summed E-state index contributed by atoms with van der Waals surface area (Å²) < 4.78 is 21.1. The number of carbonyl (C=O) groups is 6. The summed E-state index contributed by atoms with van der Waals surface area (Å²) in [6.45, 7) is 3.14. The van der Waals surface area contributed by atoms with Crippen molar-refractivity contribution in [2.45, 2.75) is 41.1 Å². The smallest absolute Gasteiger partial charge is 0.339 e. The Labute approximate surface area is 356 Å². The van der Waals surface area contributed by atoms with Crippen molar-refractivity contribution in [3.8, 4) is 34.5 Å². The average Bonchev–Trinajstić information content (AvgIpc) is 3.27. The van der Waals surface area contributed by atoms with Crippen LogP contribution in [0.15, 0.2) is 109 Å². The van der Waals surface area contributed by atoms with E-state index in [4.69, 9.17) is 14.2 Å². The first kappa shape index (κ1) is 48.1. The topological polar surface area (TPSA) is 239 Å². The second-order valence-corrected chi connectivity index (χ2v) is 12.5. The van der Waals surface area contributed by atoms with Crippen molar-refractivity contribution in [1.29, 1.82) is 0 Å². The highest BCUT2D eigenvalue weighted by molar-refractivity contribution is 5.92. The molecule has 0 spiro atoms. The van der Waals surface area contributed by atoms with Gasteiger partial charge in [0.15, 0.2) is 30.4 Å². The van der Waals surface area contributed by atoms with Crippen LogP contribution in [0.1, 0.15) is 101 Å². The zero-order valence-corrected chi connectivity index (χ0v) is 33.0. The van der Waals surface area contributed by atoms with Crippen LogP contribution in [0.2, 0.25) is 0 Å². The Kier molecular flexibility index (Phi) is 18.6. The standard InChI is InChI=1S/C15H13NO5.2C15H13NO4.CH4/c1-20-15(19)10-4-3-7-16-12(10)9-21-14-6-2-5-13(18)11(14)8-17;1-10(18)13-5-2-4-11(16-13)9-20-15-7-3-6-14(19)12(15)8-17;1-10(18)13-6-5-11(7-16-13)9-20-15-4-2-3-14(19)12(15)8-17;/h2-8,18H,9H2,1H3;2*2-8,19H,9H2,1H3;1H4. The lowest BCUT2D eigenvalue weighted by molar-refractivity contribution is 0.0596. The van der Waals surface area contributed by atoms with Crippen molar-refractivity contribution in [1.82, 2.24) is 15.0 Å². The number of phenolic OH excluding ortho intramolecular Hbond substituents is 3. The summed E-state index contributed by atoms with van der Waals surface area (Å²) >= 11 is 0. The average molecular weight is 846 g/mol. The molecule has 6 aromatic rings. The van der Waals surface area contributed by atoms with Crippen LogP contribution >= 0.6 is 0 Å². The van der Waals surface area contributed by atoms with Gasteiger partial charge < -0.3 is 34.3 Å². The van der Waals surface area contributed by atoms with Crippen LogP contribution in [-0.4, -0.2) is 73.8 Å². The lowest BCUT2D eigenvalue weighted by Gasteiger charge is -2.10. The summed E-state index contributed by atoms with van der Waals surface area (Å²) in [5.74, 6) is -0.390. The quantitative estimate of drug-likeness (QED) is 0.0519. The van der Waals surface area contributed by atoms with Gasteiger partial charge in [0.05, 0.1) is 40.8 Å². The Hall–Kier alpha value is -8.27. The van der Waals surface area contributed by atoms with Gasteiger partial charge in [0, 0.05) is 31.8 Å². The molecular weight excluding hydrogens is 803 g/mol. The summed E-state index contributed by atoms with van der Waals surface area (Å²) in [4.78, 5) is 78.9. The summed E-state index contributed by atoms with van der Waals surface area (Å²) in [6.07, 6.45) is 4.64. The fourth-order valence-corrected chi connectivity index (χ4v) is 5.11. The zero-order chi connectivity index (χ0) is 44.3. The minimum atomic E-state index is -0.520.